The second-order valence-corrected chi connectivity index (χ2v) is 9.33. The molecule has 1 aromatic heterocycles. The van der Waals surface area contributed by atoms with Crippen LogP contribution in [0.2, 0.25) is 0 Å². The molecule has 0 bridgehead atoms. The number of nitrogens with two attached hydrogens (primary N) is 1. The third-order valence-corrected chi connectivity index (χ3v) is 4.87. The Morgan fingerprint density at radius 3 is 2.34 bits per heavy atom. The van der Waals surface area contributed by atoms with E-state index in [1.54, 1.807) is 37.7 Å². The zero-order valence-corrected chi connectivity index (χ0v) is 20.7. The Balaban J connectivity index is 2.42. The number of ether oxygens (including phenoxy) is 1. The van der Waals surface area contributed by atoms with Crippen LogP contribution in [0.15, 0.2) is 61.1 Å². The number of nitrogens with zero attached hydrogens (tertiary/aromatic N) is 2. The van der Waals surface area contributed by atoms with Gasteiger partial charge in [0.25, 0.3) is 0 Å². The first-order chi connectivity index (χ1) is 16.5. The molecule has 0 aliphatic carbocycles. The first kappa shape index (κ1) is 27.7. The summed E-state index contributed by atoms with van der Waals surface area (Å²) in [5, 5.41) is 10.5. The quantitative estimate of drug-likeness (QED) is 0.365. The van der Waals surface area contributed by atoms with E-state index < -0.39 is 17.9 Å². The van der Waals surface area contributed by atoms with Gasteiger partial charge in [-0.25, -0.2) is 4.39 Å². The van der Waals surface area contributed by atoms with E-state index in [2.05, 4.69) is 25.8 Å². The number of esters is 1. The smallest absolute Gasteiger partial charge is 0.313 e. The Morgan fingerprint density at radius 2 is 1.77 bits per heavy atom. The van der Waals surface area contributed by atoms with Crippen molar-refractivity contribution in [2.45, 2.75) is 46.6 Å². The molecule has 1 unspecified atom stereocenters. The molecule has 0 aliphatic heterocycles. The van der Waals surface area contributed by atoms with Gasteiger partial charge < -0.3 is 20.5 Å². The number of hydrogen-bond acceptors (Lipinski definition) is 7. The van der Waals surface area contributed by atoms with E-state index in [9.17, 15) is 19.1 Å². The Kier molecular flexibility index (Phi) is 10.1. The fourth-order valence-electron chi connectivity index (χ4n) is 3.42. The van der Waals surface area contributed by atoms with Crippen molar-refractivity contribution in [1.29, 1.82) is 0 Å². The molecule has 2 aromatic rings. The van der Waals surface area contributed by atoms with Crippen LogP contribution in [0, 0.1) is 11.2 Å². The maximum absolute atomic E-state index is 13.5. The maximum Gasteiger partial charge on any atom is 0.313 e. The van der Waals surface area contributed by atoms with Crippen LogP contribution >= 0.6 is 0 Å². The third-order valence-electron chi connectivity index (χ3n) is 4.87. The van der Waals surface area contributed by atoms with E-state index >= 15 is 0 Å². The highest BCUT2D eigenvalue weighted by Gasteiger charge is 2.22. The van der Waals surface area contributed by atoms with Crippen LogP contribution in [-0.4, -0.2) is 46.0 Å². The molecule has 0 radical (unpaired) electrons. The zero-order valence-electron chi connectivity index (χ0n) is 20.7. The molecular weight excluding hydrogens is 449 g/mol. The SMILES string of the molecule is CCOC(=O)CC(=O)CC(O)/C=C/N(CC(C)(C)C)/C(=C(\N)c1ccc(F)cc1)c1ccncc1. The molecule has 0 saturated carbocycles. The van der Waals surface area contributed by atoms with Crippen LogP contribution in [0.4, 0.5) is 4.39 Å². The van der Waals surface area contributed by atoms with Gasteiger partial charge in [0, 0.05) is 37.1 Å². The molecule has 0 spiro atoms. The number of carbonyl (C=O) groups excluding carboxylic acids is 2. The number of aliphatic hydroxyl groups is 1. The molecule has 3 N–H and O–H groups in total. The van der Waals surface area contributed by atoms with Crippen LogP contribution in [-0.2, 0) is 14.3 Å². The van der Waals surface area contributed by atoms with Gasteiger partial charge >= 0.3 is 5.97 Å². The molecule has 0 fully saturated rings. The van der Waals surface area contributed by atoms with E-state index in [4.69, 9.17) is 10.5 Å². The molecule has 0 saturated heterocycles. The van der Waals surface area contributed by atoms with Crippen molar-refractivity contribution in [3.05, 3.63) is 78.0 Å². The number of aromatic nitrogens is 1. The van der Waals surface area contributed by atoms with E-state index in [0.29, 0.717) is 23.5 Å². The standard InChI is InChI=1S/C27H34FN3O4/c1-5-35-24(34)17-23(33)16-22(32)12-15-31(18-27(2,3)4)26(20-10-13-30-14-11-20)25(29)19-6-8-21(28)9-7-19/h6-15,22,32H,5,16-18,29H2,1-4H3/b15-12+,26-25-. The molecule has 7 nitrogen and oxygen atoms in total. The maximum atomic E-state index is 13.5. The minimum absolute atomic E-state index is 0.170. The van der Waals surface area contributed by atoms with Crippen LogP contribution in [0.5, 0.6) is 0 Å². The number of halogens is 1. The van der Waals surface area contributed by atoms with Crippen molar-refractivity contribution in [3.8, 4) is 0 Å². The van der Waals surface area contributed by atoms with Crippen molar-refractivity contribution in [2.24, 2.45) is 11.1 Å². The second kappa shape index (κ2) is 12.8. The topological polar surface area (TPSA) is 106 Å². The van der Waals surface area contributed by atoms with Gasteiger partial charge in [0.15, 0.2) is 0 Å². The van der Waals surface area contributed by atoms with Gasteiger partial charge in [-0.1, -0.05) is 20.8 Å². The Hall–Kier alpha value is -3.52. The molecule has 1 heterocycles. The van der Waals surface area contributed by atoms with Gasteiger partial charge in [-0.15, -0.1) is 0 Å². The summed E-state index contributed by atoms with van der Waals surface area (Å²) >= 11 is 0. The molecule has 0 amide bonds. The van der Waals surface area contributed by atoms with Crippen molar-refractivity contribution in [2.75, 3.05) is 13.2 Å². The molecule has 1 aromatic carbocycles. The number of benzene rings is 1. The van der Waals surface area contributed by atoms with Crippen LogP contribution in [0.1, 0.15) is 51.7 Å². The number of rotatable bonds is 11. The molecule has 2 rings (SSSR count). The van der Waals surface area contributed by atoms with Crippen molar-refractivity contribution < 1.29 is 23.8 Å². The van der Waals surface area contributed by atoms with Crippen molar-refractivity contribution in [1.82, 2.24) is 9.88 Å². The minimum Gasteiger partial charge on any atom is -0.466 e. The van der Waals surface area contributed by atoms with Gasteiger partial charge in [-0.05, 0) is 60.4 Å². The Labute approximate surface area is 206 Å². The third kappa shape index (κ3) is 9.33. The molecule has 188 valence electrons. The van der Waals surface area contributed by atoms with Crippen molar-refractivity contribution in [3.63, 3.8) is 0 Å². The highest BCUT2D eigenvalue weighted by atomic mass is 19.1. The van der Waals surface area contributed by atoms with Crippen LogP contribution in [0.3, 0.4) is 0 Å². The lowest BCUT2D eigenvalue weighted by atomic mass is 9.94. The van der Waals surface area contributed by atoms with Gasteiger partial charge in [-0.3, -0.25) is 14.6 Å². The number of hydrogen-bond donors (Lipinski definition) is 2. The lowest BCUT2D eigenvalue weighted by Gasteiger charge is -2.32. The van der Waals surface area contributed by atoms with Crippen molar-refractivity contribution >= 4 is 23.1 Å². The average Bonchev–Trinajstić information content (AvgIpc) is 2.77. The normalized spacial score (nSPS) is 13.3. The average molecular weight is 484 g/mol. The predicted molar refractivity (Wildman–Crippen MR) is 134 cm³/mol. The van der Waals surface area contributed by atoms with Gasteiger partial charge in [0.2, 0.25) is 0 Å². The van der Waals surface area contributed by atoms with E-state index in [0.717, 1.165) is 5.56 Å². The highest BCUT2D eigenvalue weighted by molar-refractivity contribution is 5.95. The van der Waals surface area contributed by atoms with Gasteiger partial charge in [0.05, 0.1) is 24.1 Å². The lowest BCUT2D eigenvalue weighted by Crippen LogP contribution is -2.29. The Morgan fingerprint density at radius 1 is 1.14 bits per heavy atom. The molecular formula is C27H34FN3O4. The zero-order chi connectivity index (χ0) is 26.0. The summed E-state index contributed by atoms with van der Waals surface area (Å²) in [6, 6.07) is 9.52. The minimum atomic E-state index is -1.11. The first-order valence-corrected chi connectivity index (χ1v) is 11.5. The highest BCUT2D eigenvalue weighted by Crippen LogP contribution is 2.30. The summed E-state index contributed by atoms with van der Waals surface area (Å²) in [5.41, 5.74) is 8.91. The fourth-order valence-corrected chi connectivity index (χ4v) is 3.42. The summed E-state index contributed by atoms with van der Waals surface area (Å²) < 4.78 is 18.3. The molecule has 35 heavy (non-hydrogen) atoms. The second-order valence-electron chi connectivity index (χ2n) is 9.33. The van der Waals surface area contributed by atoms with Gasteiger partial charge in [0.1, 0.15) is 18.0 Å². The summed E-state index contributed by atoms with van der Waals surface area (Å²) in [6.45, 7) is 8.56. The largest absolute Gasteiger partial charge is 0.466 e. The summed E-state index contributed by atoms with van der Waals surface area (Å²) in [5.74, 6) is -1.40. The number of carbonyl (C=O) groups is 2. The van der Waals surface area contributed by atoms with E-state index in [1.807, 2.05) is 17.0 Å². The Bertz CT molecular complexity index is 1040. The number of Topliss-reactive ketones (excluding diaryl/α,β-unsaturated/α-hetero) is 1. The number of aliphatic hydroxyl groups excluding tert-OH is 1. The summed E-state index contributed by atoms with van der Waals surface area (Å²) in [7, 11) is 0. The lowest BCUT2D eigenvalue weighted by molar-refractivity contribution is -0.145. The molecule has 1 atom stereocenters. The molecule has 8 heteroatoms. The number of pyridine rings is 1. The van der Waals surface area contributed by atoms with Gasteiger partial charge in [-0.2, -0.15) is 0 Å². The van der Waals surface area contributed by atoms with Crippen LogP contribution < -0.4 is 5.73 Å². The summed E-state index contributed by atoms with van der Waals surface area (Å²) in [6.07, 6.45) is 4.76. The predicted octanol–water partition coefficient (Wildman–Crippen LogP) is 4.14. The summed E-state index contributed by atoms with van der Waals surface area (Å²) in [4.78, 5) is 29.6. The number of ketones is 1. The monoisotopic (exact) mass is 483 g/mol. The van der Waals surface area contributed by atoms with E-state index in [-0.39, 0.29) is 30.7 Å². The van der Waals surface area contributed by atoms with Crippen LogP contribution in [0.25, 0.3) is 11.4 Å². The fraction of sp³-hybridized carbons (Fsp3) is 0.370. The molecule has 0 aliphatic rings. The van der Waals surface area contributed by atoms with E-state index in [1.165, 1.54) is 18.2 Å². The first-order valence-electron chi connectivity index (χ1n) is 11.5.